The summed E-state index contributed by atoms with van der Waals surface area (Å²) >= 11 is 0. The number of allylic oxidation sites excluding steroid dienone is 1. The lowest BCUT2D eigenvalue weighted by molar-refractivity contribution is -0.147. The highest BCUT2D eigenvalue weighted by atomic mass is 16.4. The summed E-state index contributed by atoms with van der Waals surface area (Å²) in [5, 5.41) is 20.7. The zero-order valence-corrected chi connectivity index (χ0v) is 12.3. The number of rotatable bonds is 5. The number of benzene rings is 1. The molecule has 0 aliphatic heterocycles. The van der Waals surface area contributed by atoms with Crippen molar-refractivity contribution in [3.8, 4) is 6.07 Å². The van der Waals surface area contributed by atoms with Crippen LogP contribution in [0.3, 0.4) is 0 Å². The normalized spacial score (nSPS) is 12.7. The van der Waals surface area contributed by atoms with Gasteiger partial charge in [-0.2, -0.15) is 5.26 Å². The fourth-order valence-electron chi connectivity index (χ4n) is 1.72. The van der Waals surface area contributed by atoms with Crippen molar-refractivity contribution in [2.24, 2.45) is 5.41 Å². The first-order valence-corrected chi connectivity index (χ1v) is 6.50. The van der Waals surface area contributed by atoms with E-state index in [1.165, 1.54) is 12.1 Å². The molecule has 0 aliphatic rings. The standard InChI is InChI=1S/C16H18N2O3/c1-4-5-13(16(2,3)15(20)21)18-14(19)12-8-6-11(10-17)7-9-12/h4-9,13H,1-3H3,(H,18,19)(H,20,21)/b5-4+. The van der Waals surface area contributed by atoms with E-state index < -0.39 is 17.4 Å². The molecule has 0 saturated heterocycles. The molecular weight excluding hydrogens is 268 g/mol. The predicted octanol–water partition coefficient (Wildman–Crippen LogP) is 2.34. The summed E-state index contributed by atoms with van der Waals surface area (Å²) in [6.07, 6.45) is 3.35. The number of hydrogen-bond acceptors (Lipinski definition) is 3. The molecule has 0 spiro atoms. The van der Waals surface area contributed by atoms with Crippen molar-refractivity contribution in [1.29, 1.82) is 5.26 Å². The van der Waals surface area contributed by atoms with Gasteiger partial charge in [0.15, 0.2) is 0 Å². The Balaban J connectivity index is 2.96. The van der Waals surface area contributed by atoms with E-state index in [2.05, 4.69) is 5.32 Å². The fourth-order valence-corrected chi connectivity index (χ4v) is 1.72. The second kappa shape index (κ2) is 6.71. The molecule has 1 amide bonds. The van der Waals surface area contributed by atoms with Crippen LogP contribution in [-0.2, 0) is 4.79 Å². The number of nitriles is 1. The summed E-state index contributed by atoms with van der Waals surface area (Å²) in [6, 6.07) is 7.50. The molecule has 1 aromatic rings. The quantitative estimate of drug-likeness (QED) is 0.813. The molecule has 0 aromatic heterocycles. The molecule has 1 rings (SSSR count). The highest BCUT2D eigenvalue weighted by Gasteiger charge is 2.36. The molecule has 5 nitrogen and oxygen atoms in total. The van der Waals surface area contributed by atoms with Crippen LogP contribution < -0.4 is 5.32 Å². The lowest BCUT2D eigenvalue weighted by Gasteiger charge is -2.28. The number of amides is 1. The van der Waals surface area contributed by atoms with Crippen LogP contribution in [0.15, 0.2) is 36.4 Å². The molecule has 0 saturated carbocycles. The minimum Gasteiger partial charge on any atom is -0.481 e. The molecule has 110 valence electrons. The van der Waals surface area contributed by atoms with Gasteiger partial charge in [-0.25, -0.2) is 0 Å². The van der Waals surface area contributed by atoms with Crippen LogP contribution in [0, 0.1) is 16.7 Å². The minimum atomic E-state index is -1.13. The minimum absolute atomic E-state index is 0.378. The van der Waals surface area contributed by atoms with Gasteiger partial charge in [0, 0.05) is 5.56 Å². The average Bonchev–Trinajstić information content (AvgIpc) is 2.46. The van der Waals surface area contributed by atoms with Gasteiger partial charge in [0.05, 0.1) is 23.1 Å². The highest BCUT2D eigenvalue weighted by Crippen LogP contribution is 2.22. The first-order chi connectivity index (χ1) is 9.82. The van der Waals surface area contributed by atoms with Gasteiger partial charge in [0.25, 0.3) is 5.91 Å². The van der Waals surface area contributed by atoms with E-state index in [-0.39, 0.29) is 5.91 Å². The van der Waals surface area contributed by atoms with Crippen molar-refractivity contribution in [2.45, 2.75) is 26.8 Å². The molecular formula is C16H18N2O3. The van der Waals surface area contributed by atoms with Gasteiger partial charge < -0.3 is 10.4 Å². The first kappa shape index (κ1) is 16.4. The van der Waals surface area contributed by atoms with E-state index in [4.69, 9.17) is 5.26 Å². The Kier molecular flexibility index (Phi) is 5.25. The third-order valence-corrected chi connectivity index (χ3v) is 3.28. The summed E-state index contributed by atoms with van der Waals surface area (Å²) in [5.41, 5.74) is -0.290. The zero-order valence-electron chi connectivity index (χ0n) is 12.3. The van der Waals surface area contributed by atoms with Crippen LogP contribution >= 0.6 is 0 Å². The Hall–Kier alpha value is -2.61. The third-order valence-electron chi connectivity index (χ3n) is 3.28. The second-order valence-electron chi connectivity index (χ2n) is 5.19. The number of nitrogens with one attached hydrogen (secondary N) is 1. The lowest BCUT2D eigenvalue weighted by Crippen LogP contribution is -2.47. The largest absolute Gasteiger partial charge is 0.481 e. The molecule has 2 N–H and O–H groups in total. The average molecular weight is 286 g/mol. The SMILES string of the molecule is C/C=C/C(NC(=O)c1ccc(C#N)cc1)C(C)(C)C(=O)O. The van der Waals surface area contributed by atoms with Crippen molar-refractivity contribution in [3.63, 3.8) is 0 Å². The van der Waals surface area contributed by atoms with Gasteiger partial charge >= 0.3 is 5.97 Å². The highest BCUT2D eigenvalue weighted by molar-refractivity contribution is 5.95. The first-order valence-electron chi connectivity index (χ1n) is 6.50. The van der Waals surface area contributed by atoms with Crippen molar-refractivity contribution < 1.29 is 14.7 Å². The topological polar surface area (TPSA) is 90.2 Å². The molecule has 1 atom stereocenters. The lowest BCUT2D eigenvalue weighted by atomic mass is 9.84. The van der Waals surface area contributed by atoms with Crippen molar-refractivity contribution in [3.05, 3.63) is 47.5 Å². The van der Waals surface area contributed by atoms with Crippen LogP contribution in [0.2, 0.25) is 0 Å². The van der Waals surface area contributed by atoms with E-state index >= 15 is 0 Å². The molecule has 5 heteroatoms. The molecule has 0 bridgehead atoms. The van der Waals surface area contributed by atoms with Crippen LogP contribution in [0.5, 0.6) is 0 Å². The van der Waals surface area contributed by atoms with E-state index in [0.29, 0.717) is 11.1 Å². The zero-order chi connectivity index (χ0) is 16.0. The number of carbonyl (C=O) groups excluding carboxylic acids is 1. The number of carboxylic acids is 1. The second-order valence-corrected chi connectivity index (χ2v) is 5.19. The number of carboxylic acid groups (broad SMARTS) is 1. The maximum Gasteiger partial charge on any atom is 0.311 e. The summed E-state index contributed by atoms with van der Waals surface area (Å²) in [6.45, 7) is 4.87. The van der Waals surface area contributed by atoms with Crippen LogP contribution in [0.1, 0.15) is 36.7 Å². The number of aliphatic carboxylic acids is 1. The smallest absolute Gasteiger partial charge is 0.311 e. The Morgan fingerprint density at radius 3 is 2.33 bits per heavy atom. The molecule has 1 aromatic carbocycles. The van der Waals surface area contributed by atoms with E-state index in [1.807, 2.05) is 6.07 Å². The summed E-state index contributed by atoms with van der Waals surface area (Å²) in [7, 11) is 0. The predicted molar refractivity (Wildman–Crippen MR) is 78.6 cm³/mol. The van der Waals surface area contributed by atoms with Crippen LogP contribution in [-0.4, -0.2) is 23.0 Å². The summed E-state index contributed by atoms with van der Waals surface area (Å²) in [5.74, 6) is -1.37. The van der Waals surface area contributed by atoms with Gasteiger partial charge in [-0.05, 0) is 45.0 Å². The van der Waals surface area contributed by atoms with Crippen LogP contribution in [0.4, 0.5) is 0 Å². The number of hydrogen-bond donors (Lipinski definition) is 2. The molecule has 0 heterocycles. The maximum atomic E-state index is 12.2. The molecule has 0 radical (unpaired) electrons. The number of nitrogens with zero attached hydrogens (tertiary/aromatic N) is 1. The number of carbonyl (C=O) groups is 2. The van der Waals surface area contributed by atoms with E-state index in [9.17, 15) is 14.7 Å². The Bertz CT molecular complexity index is 595. The monoisotopic (exact) mass is 286 g/mol. The van der Waals surface area contributed by atoms with Crippen molar-refractivity contribution in [1.82, 2.24) is 5.32 Å². The molecule has 0 aliphatic carbocycles. The fraction of sp³-hybridized carbons (Fsp3) is 0.312. The van der Waals surface area contributed by atoms with Gasteiger partial charge in [-0.1, -0.05) is 12.2 Å². The Morgan fingerprint density at radius 1 is 1.33 bits per heavy atom. The maximum absolute atomic E-state index is 12.2. The van der Waals surface area contributed by atoms with Gasteiger partial charge in [-0.3, -0.25) is 9.59 Å². The van der Waals surface area contributed by atoms with Gasteiger partial charge in [0.1, 0.15) is 0 Å². The summed E-state index contributed by atoms with van der Waals surface area (Å²) < 4.78 is 0. The van der Waals surface area contributed by atoms with Crippen molar-refractivity contribution >= 4 is 11.9 Å². The van der Waals surface area contributed by atoms with E-state index in [1.54, 1.807) is 45.1 Å². The van der Waals surface area contributed by atoms with Crippen LogP contribution in [0.25, 0.3) is 0 Å². The molecule has 21 heavy (non-hydrogen) atoms. The Morgan fingerprint density at radius 2 is 1.90 bits per heavy atom. The molecule has 1 unspecified atom stereocenters. The van der Waals surface area contributed by atoms with Gasteiger partial charge in [-0.15, -0.1) is 0 Å². The third kappa shape index (κ3) is 3.93. The van der Waals surface area contributed by atoms with Gasteiger partial charge in [0.2, 0.25) is 0 Å². The Labute approximate surface area is 123 Å². The van der Waals surface area contributed by atoms with E-state index in [0.717, 1.165) is 0 Å². The molecule has 0 fully saturated rings. The summed E-state index contributed by atoms with van der Waals surface area (Å²) in [4.78, 5) is 23.5. The van der Waals surface area contributed by atoms with Crippen molar-refractivity contribution in [2.75, 3.05) is 0 Å².